The first-order chi connectivity index (χ1) is 8.86. The lowest BCUT2D eigenvalue weighted by Gasteiger charge is -2.05. The molecule has 0 atom stereocenters. The van der Waals surface area contributed by atoms with Crippen LogP contribution in [0.1, 0.15) is 0 Å². The van der Waals surface area contributed by atoms with Crippen molar-refractivity contribution in [2.75, 3.05) is 7.11 Å². The van der Waals surface area contributed by atoms with E-state index in [0.29, 0.717) is 11.9 Å². The molecular weight excluding hydrogens is 234 g/mol. The molecule has 0 unspecified atom stereocenters. The van der Waals surface area contributed by atoms with Gasteiger partial charge in [-0.05, 0) is 12.1 Å². The molecule has 0 aromatic carbocycles. The van der Waals surface area contributed by atoms with E-state index in [0.717, 1.165) is 0 Å². The van der Waals surface area contributed by atoms with Gasteiger partial charge in [-0.3, -0.25) is 0 Å². The normalized spacial score (nSPS) is 10.5. The van der Waals surface area contributed by atoms with Crippen LogP contribution in [0.25, 0.3) is 11.9 Å². The number of hydrogen-bond acceptors (Lipinski definition) is 6. The van der Waals surface area contributed by atoms with Gasteiger partial charge in [0.25, 0.3) is 11.9 Å². The molecule has 3 aromatic rings. The molecule has 0 N–H and O–H groups in total. The Balaban J connectivity index is 2.13. The average molecular weight is 243 g/mol. The third-order valence-electron chi connectivity index (χ3n) is 2.19. The van der Waals surface area contributed by atoms with Gasteiger partial charge in [-0.25, -0.2) is 9.36 Å². The molecule has 0 saturated heterocycles. The van der Waals surface area contributed by atoms with Crippen LogP contribution in [-0.2, 0) is 0 Å². The number of nitrogens with zero attached hydrogens (tertiary/aromatic N) is 7. The third kappa shape index (κ3) is 1.79. The largest absolute Gasteiger partial charge is 0.467 e. The van der Waals surface area contributed by atoms with Crippen LogP contribution in [0.5, 0.6) is 6.01 Å². The zero-order chi connectivity index (χ0) is 12.4. The highest BCUT2D eigenvalue weighted by Gasteiger charge is 2.10. The lowest BCUT2D eigenvalue weighted by Crippen LogP contribution is -2.10. The summed E-state index contributed by atoms with van der Waals surface area (Å²) in [5.41, 5.74) is 0. The predicted molar refractivity (Wildman–Crippen MR) is 60.6 cm³/mol. The minimum atomic E-state index is 0.209. The van der Waals surface area contributed by atoms with E-state index in [1.165, 1.54) is 16.5 Å². The quantitative estimate of drug-likeness (QED) is 0.655. The summed E-state index contributed by atoms with van der Waals surface area (Å²) in [6, 6.07) is 3.77. The van der Waals surface area contributed by atoms with Gasteiger partial charge in [0.05, 0.1) is 7.11 Å². The third-order valence-corrected chi connectivity index (χ3v) is 2.19. The summed E-state index contributed by atoms with van der Waals surface area (Å²) in [5, 5.41) is 8.13. The molecule has 0 aliphatic heterocycles. The summed E-state index contributed by atoms with van der Waals surface area (Å²) in [7, 11) is 1.50. The first kappa shape index (κ1) is 10.4. The molecule has 0 bridgehead atoms. The van der Waals surface area contributed by atoms with Gasteiger partial charge in [0.1, 0.15) is 0 Å². The molecule has 0 radical (unpaired) electrons. The predicted octanol–water partition coefficient (Wildman–Crippen LogP) is 0.252. The van der Waals surface area contributed by atoms with Gasteiger partial charge >= 0.3 is 6.01 Å². The van der Waals surface area contributed by atoms with E-state index >= 15 is 0 Å². The Bertz CT molecular complexity index is 580. The molecule has 8 nitrogen and oxygen atoms in total. The van der Waals surface area contributed by atoms with Crippen LogP contribution in [0.15, 0.2) is 36.9 Å². The highest BCUT2D eigenvalue weighted by molar-refractivity contribution is 5.20. The molecule has 8 heteroatoms. The summed E-state index contributed by atoms with van der Waals surface area (Å²) in [4.78, 5) is 12.5. The van der Waals surface area contributed by atoms with Gasteiger partial charge in [0.2, 0.25) is 0 Å². The van der Waals surface area contributed by atoms with E-state index in [2.05, 4.69) is 25.1 Å². The van der Waals surface area contributed by atoms with Crippen LogP contribution in [0, 0.1) is 0 Å². The molecule has 0 spiro atoms. The Kier molecular flexibility index (Phi) is 2.45. The van der Waals surface area contributed by atoms with Crippen LogP contribution in [0.3, 0.4) is 0 Å². The Labute approximate surface area is 102 Å². The fourth-order valence-electron chi connectivity index (χ4n) is 1.41. The van der Waals surface area contributed by atoms with Crippen molar-refractivity contribution in [2.45, 2.75) is 0 Å². The van der Waals surface area contributed by atoms with E-state index in [9.17, 15) is 0 Å². The van der Waals surface area contributed by atoms with Gasteiger partial charge in [-0.1, -0.05) is 0 Å². The maximum atomic E-state index is 5.05. The first-order valence-corrected chi connectivity index (χ1v) is 5.17. The van der Waals surface area contributed by atoms with Gasteiger partial charge < -0.3 is 4.74 Å². The summed E-state index contributed by atoms with van der Waals surface area (Å²) >= 11 is 0. The van der Waals surface area contributed by atoms with Crippen LogP contribution >= 0.6 is 0 Å². The maximum absolute atomic E-state index is 5.05. The molecule has 90 valence electrons. The fourth-order valence-corrected chi connectivity index (χ4v) is 1.41. The SMILES string of the molecule is COc1nc(-n2cccn2)nc(-n2cccn2)n1. The van der Waals surface area contributed by atoms with Crippen molar-refractivity contribution in [1.29, 1.82) is 0 Å². The maximum Gasteiger partial charge on any atom is 0.322 e. The number of rotatable bonds is 3. The molecule has 0 fully saturated rings. The minimum Gasteiger partial charge on any atom is -0.467 e. The zero-order valence-electron chi connectivity index (χ0n) is 9.50. The topological polar surface area (TPSA) is 83.5 Å². The molecule has 3 aromatic heterocycles. The second-order valence-corrected chi connectivity index (χ2v) is 3.32. The monoisotopic (exact) mass is 243 g/mol. The van der Waals surface area contributed by atoms with E-state index in [-0.39, 0.29) is 6.01 Å². The lowest BCUT2D eigenvalue weighted by atomic mass is 10.7. The van der Waals surface area contributed by atoms with Crippen molar-refractivity contribution in [3.8, 4) is 17.9 Å². The number of aromatic nitrogens is 7. The van der Waals surface area contributed by atoms with Gasteiger partial charge in [0, 0.05) is 24.8 Å². The first-order valence-electron chi connectivity index (χ1n) is 5.17. The highest BCUT2D eigenvalue weighted by atomic mass is 16.5. The fraction of sp³-hybridized carbons (Fsp3) is 0.100. The smallest absolute Gasteiger partial charge is 0.322 e. The van der Waals surface area contributed by atoms with Crippen LogP contribution < -0.4 is 4.74 Å². The summed E-state index contributed by atoms with van der Waals surface area (Å²) in [5.74, 6) is 0.745. The second-order valence-electron chi connectivity index (χ2n) is 3.32. The van der Waals surface area contributed by atoms with E-state index < -0.39 is 0 Å². The van der Waals surface area contributed by atoms with E-state index in [4.69, 9.17) is 4.74 Å². The van der Waals surface area contributed by atoms with E-state index in [1.807, 2.05) is 0 Å². The van der Waals surface area contributed by atoms with Crippen molar-refractivity contribution in [3.63, 3.8) is 0 Å². The number of ether oxygens (including phenoxy) is 1. The molecule has 0 amide bonds. The molecule has 3 heterocycles. The molecular formula is C10H9N7O. The Hall–Kier alpha value is -2.77. The van der Waals surface area contributed by atoms with Gasteiger partial charge in [0.15, 0.2) is 0 Å². The lowest BCUT2D eigenvalue weighted by molar-refractivity contribution is 0.375. The molecule has 3 rings (SSSR count). The Morgan fingerprint density at radius 1 is 0.889 bits per heavy atom. The van der Waals surface area contributed by atoms with E-state index in [1.54, 1.807) is 36.9 Å². The van der Waals surface area contributed by atoms with Crippen molar-refractivity contribution in [3.05, 3.63) is 36.9 Å². The van der Waals surface area contributed by atoms with Gasteiger partial charge in [-0.15, -0.1) is 0 Å². The molecule has 0 saturated carbocycles. The van der Waals surface area contributed by atoms with Crippen LogP contribution in [0.2, 0.25) is 0 Å². The molecule has 0 aliphatic carbocycles. The van der Waals surface area contributed by atoms with Crippen molar-refractivity contribution in [2.24, 2.45) is 0 Å². The second kappa shape index (κ2) is 4.24. The van der Waals surface area contributed by atoms with Gasteiger partial charge in [-0.2, -0.15) is 25.1 Å². The van der Waals surface area contributed by atoms with Crippen LogP contribution in [-0.4, -0.2) is 41.6 Å². The molecule has 0 aliphatic rings. The number of methoxy groups -OCH3 is 1. The van der Waals surface area contributed by atoms with Crippen molar-refractivity contribution in [1.82, 2.24) is 34.5 Å². The zero-order valence-corrected chi connectivity index (χ0v) is 9.50. The molecule has 18 heavy (non-hydrogen) atoms. The summed E-state index contributed by atoms with van der Waals surface area (Å²) in [6.07, 6.45) is 6.76. The summed E-state index contributed by atoms with van der Waals surface area (Å²) < 4.78 is 8.10. The minimum absolute atomic E-state index is 0.209. The highest BCUT2D eigenvalue weighted by Crippen LogP contribution is 2.09. The average Bonchev–Trinajstić information content (AvgIpc) is 3.10. The summed E-state index contributed by atoms with van der Waals surface area (Å²) in [6.45, 7) is 0. The Morgan fingerprint density at radius 2 is 1.44 bits per heavy atom. The number of hydrogen-bond donors (Lipinski definition) is 0. The van der Waals surface area contributed by atoms with Crippen molar-refractivity contribution < 1.29 is 4.74 Å². The van der Waals surface area contributed by atoms with Crippen molar-refractivity contribution >= 4 is 0 Å². The standard InChI is InChI=1S/C10H9N7O/c1-18-10-14-8(16-6-2-4-11-16)13-9(15-10)17-7-3-5-12-17/h2-7H,1H3. The van der Waals surface area contributed by atoms with Crippen LogP contribution in [0.4, 0.5) is 0 Å². The Morgan fingerprint density at radius 3 is 1.83 bits per heavy atom.